The second kappa shape index (κ2) is 5.98. The fraction of sp³-hybridized carbons (Fsp3) is 0.0526. The molecule has 1 aromatic heterocycles. The predicted octanol–water partition coefficient (Wildman–Crippen LogP) is 4.61. The lowest BCUT2D eigenvalue weighted by molar-refractivity contribution is -0.116. The second-order valence-corrected chi connectivity index (χ2v) is 5.90. The van der Waals surface area contributed by atoms with Crippen LogP contribution in [0.2, 0.25) is 5.02 Å². The smallest absolute Gasteiger partial charge is 0.237 e. The van der Waals surface area contributed by atoms with Crippen molar-refractivity contribution < 1.29 is 9.53 Å². The number of anilines is 1. The zero-order valence-corrected chi connectivity index (χ0v) is 13.3. The van der Waals surface area contributed by atoms with Crippen LogP contribution < -0.4 is 10.1 Å². The van der Waals surface area contributed by atoms with Gasteiger partial charge in [-0.25, -0.2) is 4.98 Å². The molecule has 1 aliphatic heterocycles. The first-order valence-electron chi connectivity index (χ1n) is 7.50. The van der Waals surface area contributed by atoms with Crippen LogP contribution in [-0.4, -0.2) is 10.9 Å². The van der Waals surface area contributed by atoms with Crippen molar-refractivity contribution in [3.63, 3.8) is 0 Å². The van der Waals surface area contributed by atoms with E-state index in [1.54, 1.807) is 12.1 Å². The Hall–Kier alpha value is -2.85. The Morgan fingerprint density at radius 2 is 1.58 bits per heavy atom. The van der Waals surface area contributed by atoms with E-state index in [1.807, 2.05) is 48.5 Å². The van der Waals surface area contributed by atoms with E-state index in [0.717, 1.165) is 11.1 Å². The molecule has 0 saturated carbocycles. The van der Waals surface area contributed by atoms with Gasteiger partial charge in [-0.2, -0.15) is 0 Å². The van der Waals surface area contributed by atoms with Crippen LogP contribution in [0.1, 0.15) is 17.0 Å². The molecular weight excluding hydrogens is 324 g/mol. The van der Waals surface area contributed by atoms with Crippen LogP contribution in [0.4, 0.5) is 5.82 Å². The van der Waals surface area contributed by atoms with Crippen molar-refractivity contribution in [3.8, 4) is 11.5 Å². The molecule has 1 amide bonds. The number of para-hydroxylation sites is 2. The molecule has 118 valence electrons. The number of benzene rings is 2. The Bertz CT molecular complexity index is 864. The number of aromatic nitrogens is 1. The number of hydrogen-bond acceptors (Lipinski definition) is 3. The molecule has 1 aliphatic rings. The molecule has 0 radical (unpaired) electrons. The van der Waals surface area contributed by atoms with E-state index >= 15 is 0 Å². The molecule has 0 aliphatic carbocycles. The Balaban J connectivity index is 1.74. The van der Waals surface area contributed by atoms with Gasteiger partial charge in [-0.1, -0.05) is 48.0 Å². The molecule has 1 N–H and O–H groups in total. The Morgan fingerprint density at radius 1 is 0.958 bits per heavy atom. The van der Waals surface area contributed by atoms with Crippen molar-refractivity contribution in [2.24, 2.45) is 0 Å². The average molecular weight is 337 g/mol. The zero-order chi connectivity index (χ0) is 16.5. The van der Waals surface area contributed by atoms with Crippen LogP contribution >= 0.6 is 11.6 Å². The normalized spacial score (nSPS) is 12.7. The summed E-state index contributed by atoms with van der Waals surface area (Å²) in [5.74, 6) is 1.24. The van der Waals surface area contributed by atoms with Crippen molar-refractivity contribution in [2.75, 3.05) is 5.32 Å². The first kappa shape index (κ1) is 14.7. The highest BCUT2D eigenvalue weighted by Crippen LogP contribution is 2.44. The fourth-order valence-corrected chi connectivity index (χ4v) is 2.95. The molecule has 0 unspecified atom stereocenters. The molecule has 0 atom stereocenters. The largest absolute Gasteiger partial charge is 0.457 e. The summed E-state index contributed by atoms with van der Waals surface area (Å²) >= 11 is 5.84. The van der Waals surface area contributed by atoms with Gasteiger partial charge in [0.1, 0.15) is 17.3 Å². The van der Waals surface area contributed by atoms with E-state index in [-0.39, 0.29) is 5.91 Å². The number of carbonyl (C=O) groups is 1. The number of rotatable bonds is 2. The SMILES string of the molecule is O=C(Nc1ccc(Cl)cn1)C1c2ccccc2Oc2ccccc21. The predicted molar refractivity (Wildman–Crippen MR) is 92.7 cm³/mol. The third kappa shape index (κ3) is 2.61. The first-order valence-corrected chi connectivity index (χ1v) is 7.88. The molecule has 0 saturated heterocycles. The minimum atomic E-state index is -0.455. The third-order valence-electron chi connectivity index (χ3n) is 3.92. The number of amides is 1. The van der Waals surface area contributed by atoms with Gasteiger partial charge in [0, 0.05) is 17.3 Å². The van der Waals surface area contributed by atoms with Crippen LogP contribution in [0, 0.1) is 0 Å². The Kier molecular flexibility index (Phi) is 3.67. The number of hydrogen-bond donors (Lipinski definition) is 1. The van der Waals surface area contributed by atoms with E-state index < -0.39 is 5.92 Å². The number of pyridine rings is 1. The van der Waals surface area contributed by atoms with Gasteiger partial charge < -0.3 is 10.1 Å². The summed E-state index contributed by atoms with van der Waals surface area (Å²) in [6.07, 6.45) is 1.50. The van der Waals surface area contributed by atoms with E-state index in [0.29, 0.717) is 22.3 Å². The number of carbonyl (C=O) groups excluding carboxylic acids is 1. The highest BCUT2D eigenvalue weighted by atomic mass is 35.5. The highest BCUT2D eigenvalue weighted by molar-refractivity contribution is 6.30. The number of nitrogens with zero attached hydrogens (tertiary/aromatic N) is 1. The molecule has 24 heavy (non-hydrogen) atoms. The highest BCUT2D eigenvalue weighted by Gasteiger charge is 2.32. The number of fused-ring (bicyclic) bond motifs is 2. The Morgan fingerprint density at radius 3 is 2.17 bits per heavy atom. The lowest BCUT2D eigenvalue weighted by Crippen LogP contribution is -2.25. The van der Waals surface area contributed by atoms with E-state index in [2.05, 4.69) is 10.3 Å². The summed E-state index contributed by atoms with van der Waals surface area (Å²) in [5, 5.41) is 3.38. The number of halogens is 1. The van der Waals surface area contributed by atoms with Crippen molar-refractivity contribution in [1.82, 2.24) is 4.98 Å². The maximum Gasteiger partial charge on any atom is 0.237 e. The van der Waals surface area contributed by atoms with Gasteiger partial charge in [0.15, 0.2) is 0 Å². The van der Waals surface area contributed by atoms with E-state index in [1.165, 1.54) is 6.20 Å². The molecule has 2 aromatic carbocycles. The van der Waals surface area contributed by atoms with Gasteiger partial charge in [0.2, 0.25) is 5.91 Å². The van der Waals surface area contributed by atoms with Crippen molar-refractivity contribution >= 4 is 23.3 Å². The molecule has 0 bridgehead atoms. The van der Waals surface area contributed by atoms with Gasteiger partial charge in [0.25, 0.3) is 0 Å². The van der Waals surface area contributed by atoms with Gasteiger partial charge in [-0.15, -0.1) is 0 Å². The van der Waals surface area contributed by atoms with Gasteiger partial charge in [-0.3, -0.25) is 4.79 Å². The maximum absolute atomic E-state index is 12.9. The summed E-state index contributed by atoms with van der Waals surface area (Å²) in [7, 11) is 0. The van der Waals surface area contributed by atoms with Gasteiger partial charge >= 0.3 is 0 Å². The maximum atomic E-state index is 12.9. The standard InChI is InChI=1S/C19H13ClN2O2/c20-12-9-10-17(21-11-12)22-19(23)18-13-5-1-3-7-15(13)24-16-8-4-2-6-14(16)18/h1-11,18H,(H,21,22,23). The van der Waals surface area contributed by atoms with Crippen molar-refractivity contribution in [3.05, 3.63) is 83.0 Å². The minimum absolute atomic E-state index is 0.159. The summed E-state index contributed by atoms with van der Waals surface area (Å²) in [6, 6.07) is 18.5. The minimum Gasteiger partial charge on any atom is -0.457 e. The first-order chi connectivity index (χ1) is 11.7. The fourth-order valence-electron chi connectivity index (χ4n) is 2.84. The molecule has 4 nitrogen and oxygen atoms in total. The summed E-state index contributed by atoms with van der Waals surface area (Å²) in [6.45, 7) is 0. The van der Waals surface area contributed by atoms with Crippen LogP contribution in [0.3, 0.4) is 0 Å². The molecule has 5 heteroatoms. The van der Waals surface area contributed by atoms with Crippen LogP contribution in [-0.2, 0) is 4.79 Å². The zero-order valence-electron chi connectivity index (χ0n) is 12.6. The summed E-state index contributed by atoms with van der Waals surface area (Å²) < 4.78 is 5.91. The van der Waals surface area contributed by atoms with Crippen LogP contribution in [0.5, 0.6) is 11.5 Å². The quantitative estimate of drug-likeness (QED) is 0.743. The Labute approximate surface area is 144 Å². The van der Waals surface area contributed by atoms with Gasteiger partial charge in [0.05, 0.1) is 10.9 Å². The van der Waals surface area contributed by atoms with E-state index in [9.17, 15) is 4.79 Å². The van der Waals surface area contributed by atoms with E-state index in [4.69, 9.17) is 16.3 Å². The van der Waals surface area contributed by atoms with Gasteiger partial charge in [-0.05, 0) is 24.3 Å². The molecule has 0 spiro atoms. The number of nitrogens with one attached hydrogen (secondary N) is 1. The average Bonchev–Trinajstić information content (AvgIpc) is 2.61. The molecule has 3 aromatic rings. The summed E-state index contributed by atoms with van der Waals surface area (Å²) in [4.78, 5) is 17.1. The summed E-state index contributed by atoms with van der Waals surface area (Å²) in [5.41, 5.74) is 1.67. The third-order valence-corrected chi connectivity index (χ3v) is 4.14. The molecular formula is C19H13ClN2O2. The molecule has 4 rings (SSSR count). The second-order valence-electron chi connectivity index (χ2n) is 5.46. The monoisotopic (exact) mass is 336 g/mol. The topological polar surface area (TPSA) is 51.2 Å². The van der Waals surface area contributed by atoms with Crippen molar-refractivity contribution in [2.45, 2.75) is 5.92 Å². The number of ether oxygens (including phenoxy) is 1. The van der Waals surface area contributed by atoms with Crippen LogP contribution in [0.15, 0.2) is 66.9 Å². The van der Waals surface area contributed by atoms with Crippen molar-refractivity contribution in [1.29, 1.82) is 0 Å². The lowest BCUT2D eigenvalue weighted by atomic mass is 9.87. The molecule has 2 heterocycles. The molecule has 0 fully saturated rings. The van der Waals surface area contributed by atoms with Crippen LogP contribution in [0.25, 0.3) is 0 Å². The lowest BCUT2D eigenvalue weighted by Gasteiger charge is -2.27.